The lowest BCUT2D eigenvalue weighted by Gasteiger charge is -2.58. The van der Waals surface area contributed by atoms with Crippen LogP contribution in [0.5, 0.6) is 0 Å². The van der Waals surface area contributed by atoms with Crippen LogP contribution in [0.4, 0.5) is 0 Å². The van der Waals surface area contributed by atoms with Crippen LogP contribution in [0.25, 0.3) is 0 Å². The average molecular weight is 1110 g/mol. The molecular weight excluding hydrogens is 985 g/mol. The van der Waals surface area contributed by atoms with Crippen molar-refractivity contribution in [2.45, 2.75) is 347 Å². The third-order valence-corrected chi connectivity index (χ3v) is 26.5. The van der Waals surface area contributed by atoms with Crippen molar-refractivity contribution in [3.05, 3.63) is 0 Å². The number of unbranched alkanes of at least 4 members (excludes halogenated alkanes) is 14. The Bertz CT molecular complexity index is 1700. The molecule has 10 saturated carbocycles. The van der Waals surface area contributed by atoms with Gasteiger partial charge in [-0.3, -0.25) is 19.2 Å². The molecule has 0 aromatic carbocycles. The zero-order valence-electron chi connectivity index (χ0n) is 52.7. The van der Waals surface area contributed by atoms with Gasteiger partial charge in [-0.05, 0) is 239 Å². The highest BCUT2D eigenvalue weighted by Gasteiger charge is 2.72. The summed E-state index contributed by atoms with van der Waals surface area (Å²) in [7, 11) is 3.66. The van der Waals surface area contributed by atoms with Gasteiger partial charge in [0.1, 0.15) is 0 Å². The molecule has 0 unspecified atom stereocenters. The second kappa shape index (κ2) is 30.3. The Morgan fingerprint density at radius 2 is 0.475 bits per heavy atom. The van der Waals surface area contributed by atoms with Crippen LogP contribution >= 0.6 is 0 Å². The van der Waals surface area contributed by atoms with E-state index in [1.807, 2.05) is 14.2 Å². The molecule has 0 aliphatic heterocycles. The number of ketones is 4. The number of methoxy groups -OCH3 is 2. The Labute approximate surface area is 491 Å². The number of hydrogen-bond donors (Lipinski definition) is 0. The van der Waals surface area contributed by atoms with Gasteiger partial charge in [-0.2, -0.15) is 0 Å². The maximum Gasteiger partial charge on any atom is 0.159 e. The van der Waals surface area contributed by atoms with Gasteiger partial charge in [0.25, 0.3) is 0 Å². The predicted octanol–water partition coefficient (Wildman–Crippen LogP) is 20.1. The molecule has 0 bridgehead atoms. The number of Topliss-reactive ketones (excluding diaryl/α,β-unsaturated/α-hetero) is 4. The summed E-state index contributed by atoms with van der Waals surface area (Å²) >= 11 is 0. The molecular formula is C74H124O6. The summed E-state index contributed by atoms with van der Waals surface area (Å²) in [4.78, 5) is 55.2. The Morgan fingerprint density at radius 3 is 0.700 bits per heavy atom. The molecule has 6 heteroatoms. The summed E-state index contributed by atoms with van der Waals surface area (Å²) in [5.74, 6) is 9.76. The number of hydrogen-bond acceptors (Lipinski definition) is 6. The van der Waals surface area contributed by atoms with Crippen molar-refractivity contribution in [2.75, 3.05) is 14.2 Å². The van der Waals surface area contributed by atoms with E-state index in [0.29, 0.717) is 47.2 Å². The summed E-state index contributed by atoms with van der Waals surface area (Å²) in [6.07, 6.45) is 63.7. The predicted molar refractivity (Wildman–Crippen MR) is 328 cm³/mol. The molecule has 4 spiro atoms. The summed E-state index contributed by atoms with van der Waals surface area (Å²) < 4.78 is 11.1. The molecule has 0 atom stereocenters. The highest BCUT2D eigenvalue weighted by Crippen LogP contribution is 2.65. The van der Waals surface area contributed by atoms with E-state index in [2.05, 4.69) is 13.8 Å². The first-order valence-corrected chi connectivity index (χ1v) is 36.3. The van der Waals surface area contributed by atoms with Crippen LogP contribution < -0.4 is 0 Å². The Morgan fingerprint density at radius 1 is 0.275 bits per heavy atom. The van der Waals surface area contributed by atoms with E-state index < -0.39 is 21.7 Å². The zero-order chi connectivity index (χ0) is 56.0. The van der Waals surface area contributed by atoms with Gasteiger partial charge >= 0.3 is 0 Å². The lowest BCUT2D eigenvalue weighted by molar-refractivity contribution is -0.180. The van der Waals surface area contributed by atoms with Crippen LogP contribution in [0.2, 0.25) is 0 Å². The molecule has 6 nitrogen and oxygen atoms in total. The van der Waals surface area contributed by atoms with Gasteiger partial charge in [-0.15, -0.1) is 0 Å². The summed E-state index contributed by atoms with van der Waals surface area (Å²) in [5.41, 5.74) is -2.26. The third-order valence-electron chi connectivity index (χ3n) is 26.5. The lowest BCUT2D eigenvalue weighted by Crippen LogP contribution is -2.68. The van der Waals surface area contributed by atoms with Gasteiger partial charge in [0.2, 0.25) is 0 Å². The minimum atomic E-state index is -0.580. The quantitative estimate of drug-likeness (QED) is 0.0707. The summed E-state index contributed by atoms with van der Waals surface area (Å²) in [6, 6.07) is 0. The van der Waals surface area contributed by atoms with Crippen LogP contribution in [0, 0.1) is 80.8 Å². The van der Waals surface area contributed by atoms with E-state index in [4.69, 9.17) is 9.47 Å². The standard InChI is InChI=1S/C46H80O2.C28H44O4/c1-3-5-7-9-11-13-15-17-19-37-21-25-39(26-22-37)41-29-33-45(34-30-41)43(47)46(44(45)48)35-31-42(32-36-46)40-27-23-38(24-28-40)20-18-16-14-12-10-8-6-4-2;1-31-23-7-3-19(4-8-23)21-11-15-27(16-12-21)25(29)28(26(27)30)17-13-22(14-18-28)20-5-9-24(32-2)10-6-20/h37-42H,3-36H2,1-2H3;19-24H,3-18H2,1-2H3/t37-,38?,39-,40?,41-,42-,45?,46?;. The fraction of sp³-hybridized carbons (Fsp3) is 0.946. The van der Waals surface area contributed by atoms with Gasteiger partial charge in [0.15, 0.2) is 23.1 Å². The smallest absolute Gasteiger partial charge is 0.159 e. The first-order valence-electron chi connectivity index (χ1n) is 36.3. The first kappa shape index (κ1) is 63.1. The number of carbonyl (C=O) groups excluding carboxylic acids is 4. The number of ether oxygens (including phenoxy) is 2. The molecule has 0 N–H and O–H groups in total. The van der Waals surface area contributed by atoms with Crippen molar-refractivity contribution in [3.8, 4) is 0 Å². The minimum Gasteiger partial charge on any atom is -0.381 e. The fourth-order valence-corrected chi connectivity index (χ4v) is 21.0. The van der Waals surface area contributed by atoms with Crippen molar-refractivity contribution in [1.82, 2.24) is 0 Å². The van der Waals surface area contributed by atoms with Crippen LogP contribution in [-0.2, 0) is 28.7 Å². The SMILES string of the molecule is CCCCCCCCCCC1CCC([C@H]2CCC3(CC2)C(=O)C2(CC[C@H]([C@H]4CC[C@H](CCCCCCCCCC)CC4)CC2)C3=O)CC1.COC1CCC(C2CCC3(CC2)C(=O)C2(CCC(C4CCC(OC)CC4)CC2)C3=O)CC1. The molecule has 0 aromatic heterocycles. The first-order chi connectivity index (χ1) is 39.0. The third kappa shape index (κ3) is 14.4. The van der Waals surface area contributed by atoms with Gasteiger partial charge in [0.05, 0.1) is 33.9 Å². The molecule has 0 radical (unpaired) electrons. The van der Waals surface area contributed by atoms with Crippen LogP contribution in [0.15, 0.2) is 0 Å². The number of carbonyl (C=O) groups is 4. The van der Waals surface area contributed by atoms with E-state index in [1.54, 1.807) is 0 Å². The van der Waals surface area contributed by atoms with Gasteiger partial charge in [-0.25, -0.2) is 0 Å². The molecule has 80 heavy (non-hydrogen) atoms. The van der Waals surface area contributed by atoms with E-state index in [0.717, 1.165) is 150 Å². The fourth-order valence-electron chi connectivity index (χ4n) is 21.0. The van der Waals surface area contributed by atoms with Crippen molar-refractivity contribution >= 4 is 23.1 Å². The van der Waals surface area contributed by atoms with E-state index in [-0.39, 0.29) is 0 Å². The maximum atomic E-state index is 14.0. The molecule has 10 fully saturated rings. The molecule has 456 valence electrons. The topological polar surface area (TPSA) is 86.7 Å². The van der Waals surface area contributed by atoms with E-state index >= 15 is 0 Å². The average Bonchev–Trinajstić information content (AvgIpc) is 3.66. The van der Waals surface area contributed by atoms with Crippen molar-refractivity contribution in [1.29, 1.82) is 0 Å². The molecule has 0 amide bonds. The Hall–Kier alpha value is -1.40. The molecule has 10 rings (SSSR count). The van der Waals surface area contributed by atoms with Crippen molar-refractivity contribution in [3.63, 3.8) is 0 Å². The lowest BCUT2D eigenvalue weighted by atomic mass is 9.41. The summed E-state index contributed by atoms with van der Waals surface area (Å²) in [6.45, 7) is 4.61. The van der Waals surface area contributed by atoms with Gasteiger partial charge in [-0.1, -0.05) is 155 Å². The highest BCUT2D eigenvalue weighted by atomic mass is 16.5. The second-order valence-corrected chi connectivity index (χ2v) is 30.6. The Balaban J connectivity index is 0.000000209. The van der Waals surface area contributed by atoms with E-state index in [1.165, 1.54) is 218 Å². The van der Waals surface area contributed by atoms with Crippen LogP contribution in [-0.4, -0.2) is 49.6 Å². The minimum absolute atomic E-state index is 0.359. The second-order valence-electron chi connectivity index (χ2n) is 30.6. The molecule has 10 aliphatic carbocycles. The van der Waals surface area contributed by atoms with Gasteiger partial charge < -0.3 is 9.47 Å². The zero-order valence-corrected chi connectivity index (χ0v) is 52.7. The molecule has 0 saturated heterocycles. The molecule has 10 aliphatic rings. The van der Waals surface area contributed by atoms with Crippen LogP contribution in [0.1, 0.15) is 335 Å². The number of rotatable bonds is 24. The maximum absolute atomic E-state index is 14.0. The van der Waals surface area contributed by atoms with Crippen LogP contribution in [0.3, 0.4) is 0 Å². The molecule has 0 aromatic rings. The normalized spacial score (nSPS) is 40.5. The van der Waals surface area contributed by atoms with Gasteiger partial charge in [0, 0.05) is 14.2 Å². The van der Waals surface area contributed by atoms with Crippen molar-refractivity contribution in [2.24, 2.45) is 80.8 Å². The molecule has 0 heterocycles. The summed E-state index contributed by atoms with van der Waals surface area (Å²) in [5, 5.41) is 0. The Kier molecular flexibility index (Phi) is 23.9. The van der Waals surface area contributed by atoms with E-state index in [9.17, 15) is 19.2 Å². The largest absolute Gasteiger partial charge is 0.381 e. The highest BCUT2D eigenvalue weighted by molar-refractivity contribution is 6.31. The van der Waals surface area contributed by atoms with Crippen molar-refractivity contribution < 1.29 is 28.7 Å². The monoisotopic (exact) mass is 1110 g/mol.